The third-order valence-corrected chi connectivity index (χ3v) is 7.10. The number of hydrogen-bond acceptors (Lipinski definition) is 4. The lowest BCUT2D eigenvalue weighted by molar-refractivity contribution is -0.122. The second-order valence-corrected chi connectivity index (χ2v) is 9.64. The van der Waals surface area contributed by atoms with Crippen LogP contribution in [0.4, 0.5) is 5.69 Å². The molecule has 0 saturated carbocycles. The molecule has 2 aromatic carbocycles. The largest absolute Gasteiger partial charge is 0.308 e. The van der Waals surface area contributed by atoms with Crippen molar-refractivity contribution in [1.82, 2.24) is 4.90 Å². The van der Waals surface area contributed by atoms with Crippen molar-refractivity contribution in [2.45, 2.75) is 19.9 Å². The van der Waals surface area contributed by atoms with E-state index in [0.29, 0.717) is 26.4 Å². The van der Waals surface area contributed by atoms with Gasteiger partial charge < -0.3 is 4.90 Å². The van der Waals surface area contributed by atoms with Crippen LogP contribution in [0.3, 0.4) is 0 Å². The lowest BCUT2D eigenvalue weighted by Crippen LogP contribution is -2.29. The average Bonchev–Trinajstić information content (AvgIpc) is 3.11. The summed E-state index contributed by atoms with van der Waals surface area (Å²) in [7, 11) is 0. The molecule has 0 atom stereocenters. The Morgan fingerprint density at radius 3 is 2.59 bits per heavy atom. The Morgan fingerprint density at radius 1 is 1.10 bits per heavy atom. The van der Waals surface area contributed by atoms with Gasteiger partial charge in [-0.2, -0.15) is 0 Å². The normalized spacial score (nSPS) is 18.8. The number of thiocarbonyl (C=S) groups is 1. The number of rotatable bonds is 4. The maximum atomic E-state index is 13.3. The molecule has 4 nitrogen and oxygen atoms in total. The highest BCUT2D eigenvalue weighted by atomic mass is 79.9. The summed E-state index contributed by atoms with van der Waals surface area (Å²) in [5, 5.41) is 0.578. The molecule has 0 aromatic heterocycles. The van der Waals surface area contributed by atoms with E-state index in [1.54, 1.807) is 11.0 Å². The first-order valence-electron chi connectivity index (χ1n) is 9.05. The Balaban J connectivity index is 1.77. The van der Waals surface area contributed by atoms with E-state index in [2.05, 4.69) is 15.9 Å². The van der Waals surface area contributed by atoms with Crippen molar-refractivity contribution in [3.63, 3.8) is 0 Å². The van der Waals surface area contributed by atoms with E-state index in [-0.39, 0.29) is 18.4 Å². The first-order chi connectivity index (χ1) is 13.9. The van der Waals surface area contributed by atoms with Crippen LogP contribution in [0.1, 0.15) is 24.5 Å². The summed E-state index contributed by atoms with van der Waals surface area (Å²) in [6.07, 6.45) is 0.821. The molecule has 0 radical (unpaired) electrons. The van der Waals surface area contributed by atoms with Crippen molar-refractivity contribution >= 4 is 78.9 Å². The summed E-state index contributed by atoms with van der Waals surface area (Å²) in [5.74, 6) is -0.411. The monoisotopic (exact) mass is 506 g/mol. The molecule has 2 aromatic rings. The van der Waals surface area contributed by atoms with Gasteiger partial charge in [0.15, 0.2) is 0 Å². The minimum atomic E-state index is -0.257. The Kier molecular flexibility index (Phi) is 5.84. The molecule has 0 N–H and O–H groups in total. The summed E-state index contributed by atoms with van der Waals surface area (Å²) in [4.78, 5) is 30.1. The number of anilines is 1. The zero-order valence-electron chi connectivity index (χ0n) is 15.4. The number of hydrogen-bond donors (Lipinski definition) is 0. The smallest absolute Gasteiger partial charge is 0.267 e. The molecule has 2 heterocycles. The molecule has 2 aliphatic rings. The highest BCUT2D eigenvalue weighted by Crippen LogP contribution is 2.45. The first-order valence-corrected chi connectivity index (χ1v) is 11.4. The van der Waals surface area contributed by atoms with Crippen LogP contribution in [-0.4, -0.2) is 27.6 Å². The van der Waals surface area contributed by atoms with Gasteiger partial charge in [-0.1, -0.05) is 76.6 Å². The van der Waals surface area contributed by atoms with Crippen LogP contribution < -0.4 is 4.90 Å². The van der Waals surface area contributed by atoms with Crippen molar-refractivity contribution in [3.05, 3.63) is 68.0 Å². The van der Waals surface area contributed by atoms with Gasteiger partial charge in [-0.25, -0.2) is 0 Å². The molecular formula is C21H16BrClN2O2S2. The van der Waals surface area contributed by atoms with E-state index in [9.17, 15) is 9.59 Å². The molecule has 8 heteroatoms. The summed E-state index contributed by atoms with van der Waals surface area (Å²) in [6.45, 7) is 2.89. The van der Waals surface area contributed by atoms with E-state index in [1.807, 2.05) is 43.3 Å². The molecule has 0 aliphatic carbocycles. The highest BCUT2D eigenvalue weighted by Gasteiger charge is 2.42. The van der Waals surface area contributed by atoms with Crippen LogP contribution in [0.2, 0.25) is 5.02 Å². The zero-order valence-corrected chi connectivity index (χ0v) is 19.4. The highest BCUT2D eigenvalue weighted by molar-refractivity contribution is 9.10. The molecule has 1 fully saturated rings. The fourth-order valence-electron chi connectivity index (χ4n) is 3.45. The van der Waals surface area contributed by atoms with Crippen LogP contribution in [0.15, 0.2) is 51.8 Å². The number of thioether (sulfide) groups is 1. The van der Waals surface area contributed by atoms with Gasteiger partial charge in [0, 0.05) is 21.6 Å². The van der Waals surface area contributed by atoms with Gasteiger partial charge >= 0.3 is 0 Å². The number of amides is 2. The minimum Gasteiger partial charge on any atom is -0.308 e. The number of benzene rings is 2. The van der Waals surface area contributed by atoms with Gasteiger partial charge in [-0.05, 0) is 36.2 Å². The molecule has 0 bridgehead atoms. The standard InChI is InChI=1S/C21H16BrClN2O2S2/c1-2-9-24-16-8-7-13(22)10-14(16)17(19(24)26)18-20(27)25(21(28)29-18)11-12-5-3-4-6-15(12)23/h3-8,10H,2,9,11H2,1H3/b18-17+. The molecule has 4 rings (SSSR count). The molecule has 148 valence electrons. The third kappa shape index (κ3) is 3.65. The predicted octanol–water partition coefficient (Wildman–Crippen LogP) is 5.63. The molecule has 1 saturated heterocycles. The molecular weight excluding hydrogens is 492 g/mol. The van der Waals surface area contributed by atoms with Crippen LogP contribution in [0.5, 0.6) is 0 Å². The fraction of sp³-hybridized carbons (Fsp3) is 0.190. The van der Waals surface area contributed by atoms with Gasteiger partial charge in [-0.3, -0.25) is 14.5 Å². The Morgan fingerprint density at radius 2 is 1.86 bits per heavy atom. The molecule has 0 unspecified atom stereocenters. The molecule has 0 spiro atoms. The Hall–Kier alpha value is -1.67. The zero-order chi connectivity index (χ0) is 20.7. The number of fused-ring (bicyclic) bond motifs is 1. The predicted molar refractivity (Wildman–Crippen MR) is 126 cm³/mol. The first kappa shape index (κ1) is 20.6. The topological polar surface area (TPSA) is 40.6 Å². The van der Waals surface area contributed by atoms with E-state index < -0.39 is 0 Å². The van der Waals surface area contributed by atoms with Crippen LogP contribution in [0, 0.1) is 0 Å². The van der Waals surface area contributed by atoms with E-state index in [1.165, 1.54) is 16.7 Å². The third-order valence-electron chi connectivity index (χ3n) is 4.79. The van der Waals surface area contributed by atoms with Crippen molar-refractivity contribution in [1.29, 1.82) is 0 Å². The van der Waals surface area contributed by atoms with E-state index >= 15 is 0 Å². The maximum absolute atomic E-state index is 13.3. The molecule has 2 aliphatic heterocycles. The Bertz CT molecular complexity index is 1090. The lowest BCUT2D eigenvalue weighted by Gasteiger charge is -2.16. The molecule has 29 heavy (non-hydrogen) atoms. The van der Waals surface area contributed by atoms with Gasteiger partial charge in [0.2, 0.25) is 0 Å². The summed E-state index contributed by atoms with van der Waals surface area (Å²) >= 11 is 16.4. The number of carbonyl (C=O) groups is 2. The summed E-state index contributed by atoms with van der Waals surface area (Å²) in [5.41, 5.74) is 2.82. The number of carbonyl (C=O) groups excluding carboxylic acids is 2. The van der Waals surface area contributed by atoms with Crippen molar-refractivity contribution in [3.8, 4) is 0 Å². The van der Waals surface area contributed by atoms with Crippen molar-refractivity contribution < 1.29 is 9.59 Å². The van der Waals surface area contributed by atoms with E-state index in [0.717, 1.165) is 27.7 Å². The maximum Gasteiger partial charge on any atom is 0.267 e. The van der Waals surface area contributed by atoms with Gasteiger partial charge in [0.25, 0.3) is 11.8 Å². The lowest BCUT2D eigenvalue weighted by atomic mass is 10.1. The van der Waals surface area contributed by atoms with Gasteiger partial charge in [-0.15, -0.1) is 0 Å². The number of halogens is 2. The van der Waals surface area contributed by atoms with Crippen molar-refractivity contribution in [2.24, 2.45) is 0 Å². The van der Waals surface area contributed by atoms with Crippen LogP contribution >= 0.6 is 51.5 Å². The van der Waals surface area contributed by atoms with Crippen molar-refractivity contribution in [2.75, 3.05) is 11.4 Å². The fourth-order valence-corrected chi connectivity index (χ4v) is 5.33. The minimum absolute atomic E-state index is 0.154. The second kappa shape index (κ2) is 8.22. The van der Waals surface area contributed by atoms with Gasteiger partial charge in [0.1, 0.15) is 4.32 Å². The van der Waals surface area contributed by atoms with E-state index in [4.69, 9.17) is 23.8 Å². The van der Waals surface area contributed by atoms with Crippen LogP contribution in [-0.2, 0) is 16.1 Å². The quantitative estimate of drug-likeness (QED) is 0.397. The SMILES string of the molecule is CCCN1C(=O)/C(=C2/SC(=S)N(Cc3ccccc3Cl)C2=O)c2cc(Br)ccc21. The van der Waals surface area contributed by atoms with Crippen LogP contribution in [0.25, 0.3) is 5.57 Å². The molecule has 2 amide bonds. The summed E-state index contributed by atoms with van der Waals surface area (Å²) < 4.78 is 1.28. The average molecular weight is 508 g/mol. The number of nitrogens with zero attached hydrogens (tertiary/aromatic N) is 2. The Labute approximate surface area is 192 Å². The summed E-state index contributed by atoms with van der Waals surface area (Å²) in [6, 6.07) is 13.1. The van der Waals surface area contributed by atoms with Gasteiger partial charge in [0.05, 0.1) is 22.7 Å². The second-order valence-electron chi connectivity index (χ2n) is 6.67.